The fraction of sp³-hybridized carbons (Fsp3) is 0.118. The minimum absolute atomic E-state index is 0.238. The summed E-state index contributed by atoms with van der Waals surface area (Å²) in [6, 6.07) is 11.2. The summed E-state index contributed by atoms with van der Waals surface area (Å²) in [4.78, 5) is 18.4. The van der Waals surface area contributed by atoms with Crippen LogP contribution >= 0.6 is 0 Å². The number of aromatic amines is 1. The number of carbonyl (C=O) groups is 1. The highest BCUT2D eigenvalue weighted by Crippen LogP contribution is 2.22. The van der Waals surface area contributed by atoms with Gasteiger partial charge in [-0.3, -0.25) is 14.9 Å². The smallest absolute Gasteiger partial charge is 0.274 e. The molecule has 1 aromatic carbocycles. The number of nitrogens with one attached hydrogen (secondary N) is 2. The summed E-state index contributed by atoms with van der Waals surface area (Å²) in [6.45, 7) is 0. The quantitative estimate of drug-likeness (QED) is 0.777. The third kappa shape index (κ3) is 3.37. The van der Waals surface area contributed by atoms with Crippen LogP contribution in [0.4, 0.5) is 11.4 Å². The van der Waals surface area contributed by atoms with Crippen molar-refractivity contribution in [2.75, 3.05) is 24.3 Å². The molecular weight excluding hydrogens is 290 g/mol. The number of nitrogens with zero attached hydrogens (tertiary/aromatic N) is 3. The Balaban J connectivity index is 1.80. The number of benzene rings is 1. The lowest BCUT2D eigenvalue weighted by molar-refractivity contribution is 0.102. The standard InChI is InChI=1S/C17H17N5O/c1-22(2)15-6-7-18-16(9-15)17(23)21-14-5-3-4-12(8-14)13-10-19-20-11-13/h3-11H,1-2H3,(H,19,20)(H,21,23). The second-order valence-electron chi connectivity index (χ2n) is 5.32. The molecule has 0 unspecified atom stereocenters. The van der Waals surface area contributed by atoms with Crippen LogP contribution in [0.3, 0.4) is 0 Å². The second-order valence-corrected chi connectivity index (χ2v) is 5.32. The van der Waals surface area contributed by atoms with Crippen molar-refractivity contribution in [3.8, 4) is 11.1 Å². The molecule has 2 N–H and O–H groups in total. The Kier molecular flexibility index (Phi) is 4.05. The molecule has 0 fully saturated rings. The number of anilines is 2. The van der Waals surface area contributed by atoms with E-state index in [4.69, 9.17) is 0 Å². The van der Waals surface area contributed by atoms with E-state index in [0.717, 1.165) is 16.8 Å². The number of carbonyl (C=O) groups excluding carboxylic acids is 1. The van der Waals surface area contributed by atoms with E-state index < -0.39 is 0 Å². The van der Waals surface area contributed by atoms with Gasteiger partial charge in [0.25, 0.3) is 5.91 Å². The van der Waals surface area contributed by atoms with Crippen molar-refractivity contribution in [3.63, 3.8) is 0 Å². The van der Waals surface area contributed by atoms with E-state index >= 15 is 0 Å². The first-order valence-corrected chi connectivity index (χ1v) is 7.17. The lowest BCUT2D eigenvalue weighted by Gasteiger charge is -2.13. The van der Waals surface area contributed by atoms with Crippen LogP contribution in [0.25, 0.3) is 11.1 Å². The van der Waals surface area contributed by atoms with Crippen LogP contribution in [0, 0.1) is 0 Å². The van der Waals surface area contributed by atoms with Gasteiger partial charge in [0, 0.05) is 43.4 Å². The molecule has 0 radical (unpaired) electrons. The number of hydrogen-bond donors (Lipinski definition) is 2. The van der Waals surface area contributed by atoms with Crippen molar-refractivity contribution in [1.82, 2.24) is 15.2 Å². The molecule has 0 spiro atoms. The maximum Gasteiger partial charge on any atom is 0.274 e. The average Bonchev–Trinajstić information content (AvgIpc) is 3.10. The zero-order valence-corrected chi connectivity index (χ0v) is 12.9. The van der Waals surface area contributed by atoms with E-state index in [1.807, 2.05) is 55.5 Å². The maximum absolute atomic E-state index is 12.4. The maximum atomic E-state index is 12.4. The Morgan fingerprint density at radius 1 is 1.17 bits per heavy atom. The summed E-state index contributed by atoms with van der Waals surface area (Å²) in [5, 5.41) is 9.59. The topological polar surface area (TPSA) is 73.9 Å². The van der Waals surface area contributed by atoms with Crippen LogP contribution < -0.4 is 10.2 Å². The summed E-state index contributed by atoms with van der Waals surface area (Å²) in [7, 11) is 3.84. The molecule has 0 aliphatic carbocycles. The third-order valence-corrected chi connectivity index (χ3v) is 3.44. The van der Waals surface area contributed by atoms with Crippen molar-refractivity contribution in [1.29, 1.82) is 0 Å². The number of hydrogen-bond acceptors (Lipinski definition) is 4. The van der Waals surface area contributed by atoms with E-state index in [1.165, 1.54) is 0 Å². The Morgan fingerprint density at radius 3 is 2.78 bits per heavy atom. The van der Waals surface area contributed by atoms with Crippen LogP contribution in [0.15, 0.2) is 55.0 Å². The number of rotatable bonds is 4. The molecule has 0 bridgehead atoms. The van der Waals surface area contributed by atoms with Gasteiger partial charge in [0.05, 0.1) is 6.20 Å². The van der Waals surface area contributed by atoms with Crippen molar-refractivity contribution < 1.29 is 4.79 Å². The van der Waals surface area contributed by atoms with E-state index in [1.54, 1.807) is 18.5 Å². The van der Waals surface area contributed by atoms with Gasteiger partial charge >= 0.3 is 0 Å². The van der Waals surface area contributed by atoms with Gasteiger partial charge in [0.15, 0.2) is 0 Å². The van der Waals surface area contributed by atoms with Crippen LogP contribution in [0.1, 0.15) is 10.5 Å². The SMILES string of the molecule is CN(C)c1ccnc(C(=O)Nc2cccc(-c3cn[nH]c3)c2)c1. The molecule has 0 saturated carbocycles. The molecule has 23 heavy (non-hydrogen) atoms. The Bertz CT molecular complexity index is 811. The molecule has 1 amide bonds. The van der Waals surface area contributed by atoms with Crippen molar-refractivity contribution >= 4 is 17.3 Å². The highest BCUT2D eigenvalue weighted by atomic mass is 16.1. The second kappa shape index (κ2) is 6.31. The number of aromatic nitrogens is 3. The highest BCUT2D eigenvalue weighted by Gasteiger charge is 2.10. The van der Waals surface area contributed by atoms with Crippen LogP contribution in [-0.2, 0) is 0 Å². The fourth-order valence-electron chi connectivity index (χ4n) is 2.20. The molecule has 0 aliphatic heterocycles. The monoisotopic (exact) mass is 307 g/mol. The van der Waals surface area contributed by atoms with E-state index in [0.29, 0.717) is 11.4 Å². The minimum Gasteiger partial charge on any atom is -0.378 e. The largest absolute Gasteiger partial charge is 0.378 e. The zero-order chi connectivity index (χ0) is 16.2. The van der Waals surface area contributed by atoms with Gasteiger partial charge in [-0.25, -0.2) is 0 Å². The molecular formula is C17H17N5O. The molecule has 2 heterocycles. The summed E-state index contributed by atoms with van der Waals surface area (Å²) < 4.78 is 0. The number of H-pyrrole nitrogens is 1. The lowest BCUT2D eigenvalue weighted by Crippen LogP contribution is -2.15. The zero-order valence-electron chi connectivity index (χ0n) is 12.9. The van der Waals surface area contributed by atoms with Gasteiger partial charge in [-0.15, -0.1) is 0 Å². The normalized spacial score (nSPS) is 10.3. The van der Waals surface area contributed by atoms with E-state index in [9.17, 15) is 4.79 Å². The van der Waals surface area contributed by atoms with Crippen LogP contribution in [-0.4, -0.2) is 35.2 Å². The molecule has 0 aliphatic rings. The Morgan fingerprint density at radius 2 is 2.04 bits per heavy atom. The number of amides is 1. The molecule has 3 rings (SSSR count). The average molecular weight is 307 g/mol. The molecule has 116 valence electrons. The first-order valence-electron chi connectivity index (χ1n) is 7.17. The first kappa shape index (κ1) is 14.8. The Labute approximate surface area is 134 Å². The molecule has 3 aromatic rings. The fourth-order valence-corrected chi connectivity index (χ4v) is 2.20. The molecule has 6 heteroatoms. The van der Waals surface area contributed by atoms with Gasteiger partial charge in [0.1, 0.15) is 5.69 Å². The van der Waals surface area contributed by atoms with Gasteiger partial charge in [0.2, 0.25) is 0 Å². The third-order valence-electron chi connectivity index (χ3n) is 3.44. The Hall–Kier alpha value is -3.15. The van der Waals surface area contributed by atoms with E-state index in [-0.39, 0.29) is 5.91 Å². The number of pyridine rings is 1. The predicted molar refractivity (Wildman–Crippen MR) is 90.5 cm³/mol. The van der Waals surface area contributed by atoms with Crippen LogP contribution in [0.2, 0.25) is 0 Å². The molecule has 0 saturated heterocycles. The summed E-state index contributed by atoms with van der Waals surface area (Å²) >= 11 is 0. The van der Waals surface area contributed by atoms with Gasteiger partial charge in [-0.05, 0) is 29.8 Å². The molecule has 6 nitrogen and oxygen atoms in total. The molecule has 2 aromatic heterocycles. The van der Waals surface area contributed by atoms with Crippen molar-refractivity contribution in [2.45, 2.75) is 0 Å². The lowest BCUT2D eigenvalue weighted by atomic mass is 10.1. The van der Waals surface area contributed by atoms with Gasteiger partial charge in [-0.1, -0.05) is 12.1 Å². The summed E-state index contributed by atoms with van der Waals surface area (Å²) in [5.74, 6) is -0.238. The predicted octanol–water partition coefficient (Wildman–Crippen LogP) is 2.79. The summed E-state index contributed by atoms with van der Waals surface area (Å²) in [6.07, 6.45) is 5.18. The van der Waals surface area contributed by atoms with Crippen LogP contribution in [0.5, 0.6) is 0 Å². The van der Waals surface area contributed by atoms with Crippen molar-refractivity contribution in [3.05, 3.63) is 60.7 Å². The minimum atomic E-state index is -0.238. The van der Waals surface area contributed by atoms with Crippen molar-refractivity contribution in [2.24, 2.45) is 0 Å². The highest BCUT2D eigenvalue weighted by molar-refractivity contribution is 6.03. The summed E-state index contributed by atoms with van der Waals surface area (Å²) in [5.41, 5.74) is 3.97. The first-order chi connectivity index (χ1) is 11.1. The molecule has 0 atom stereocenters. The van der Waals surface area contributed by atoms with E-state index in [2.05, 4.69) is 20.5 Å². The van der Waals surface area contributed by atoms with Gasteiger partial charge < -0.3 is 10.2 Å². The van der Waals surface area contributed by atoms with Gasteiger partial charge in [-0.2, -0.15) is 5.10 Å².